The molecular weight excluding hydrogens is 382 g/mol. The Morgan fingerprint density at radius 3 is 2.64 bits per heavy atom. The molecule has 7 nitrogen and oxygen atoms in total. The number of halogens is 1. The number of fused-ring (bicyclic) bond motifs is 2. The number of rotatable bonds is 3. The van der Waals surface area contributed by atoms with E-state index in [4.69, 9.17) is 16.7 Å². The van der Waals surface area contributed by atoms with Gasteiger partial charge in [0.2, 0.25) is 0 Å². The maximum absolute atomic E-state index is 12.8. The second kappa shape index (κ2) is 7.24. The Morgan fingerprint density at radius 1 is 1.18 bits per heavy atom. The Kier molecular flexibility index (Phi) is 4.77. The summed E-state index contributed by atoms with van der Waals surface area (Å²) in [5.74, 6) is -1.45. The fraction of sp³-hybridized carbons (Fsp3) is 0.300. The van der Waals surface area contributed by atoms with Crippen molar-refractivity contribution in [2.75, 3.05) is 0 Å². The van der Waals surface area contributed by atoms with E-state index < -0.39 is 5.97 Å². The van der Waals surface area contributed by atoms with Crippen LogP contribution >= 0.6 is 11.6 Å². The molecule has 0 spiro atoms. The van der Waals surface area contributed by atoms with Crippen molar-refractivity contribution < 1.29 is 14.7 Å². The van der Waals surface area contributed by atoms with E-state index in [1.807, 2.05) is 0 Å². The number of nitrogens with one attached hydrogen (secondary N) is 1. The summed E-state index contributed by atoms with van der Waals surface area (Å²) in [5, 5.41) is 12.9. The first kappa shape index (κ1) is 18.4. The molecule has 0 atom stereocenters. The van der Waals surface area contributed by atoms with Gasteiger partial charge in [-0.05, 0) is 56.0 Å². The fourth-order valence-electron chi connectivity index (χ4n) is 3.72. The van der Waals surface area contributed by atoms with Gasteiger partial charge in [-0.1, -0.05) is 11.6 Å². The molecule has 0 bridgehead atoms. The molecule has 1 aromatic carbocycles. The molecule has 1 aliphatic carbocycles. The van der Waals surface area contributed by atoms with Crippen molar-refractivity contribution in [3.8, 4) is 0 Å². The molecule has 2 aromatic heterocycles. The van der Waals surface area contributed by atoms with Gasteiger partial charge in [0.25, 0.3) is 11.5 Å². The Labute approximate surface area is 165 Å². The van der Waals surface area contributed by atoms with Crippen LogP contribution < -0.4 is 10.9 Å². The van der Waals surface area contributed by atoms with Crippen molar-refractivity contribution in [1.29, 1.82) is 0 Å². The van der Waals surface area contributed by atoms with Gasteiger partial charge >= 0.3 is 5.97 Å². The molecule has 1 saturated carbocycles. The number of carboxylic acids is 1. The smallest absolute Gasteiger partial charge is 0.306 e. The van der Waals surface area contributed by atoms with Crippen LogP contribution in [0.1, 0.15) is 36.0 Å². The molecule has 144 valence electrons. The number of hydrogen-bond donors (Lipinski definition) is 2. The second-order valence-electron chi connectivity index (χ2n) is 7.05. The monoisotopic (exact) mass is 399 g/mol. The Bertz CT molecular complexity index is 1150. The summed E-state index contributed by atoms with van der Waals surface area (Å²) in [6.07, 6.45) is 3.88. The number of carbonyl (C=O) groups excluding carboxylic acids is 1. The van der Waals surface area contributed by atoms with Gasteiger partial charge in [-0.3, -0.25) is 18.8 Å². The minimum absolute atomic E-state index is 0.0886. The van der Waals surface area contributed by atoms with Gasteiger partial charge in [-0.25, -0.2) is 4.98 Å². The summed E-state index contributed by atoms with van der Waals surface area (Å²) in [4.78, 5) is 41.2. The summed E-state index contributed by atoms with van der Waals surface area (Å²) in [5.41, 5.74) is 0.756. The molecule has 1 fully saturated rings. The molecule has 2 N–H and O–H groups in total. The van der Waals surface area contributed by atoms with Gasteiger partial charge in [-0.2, -0.15) is 0 Å². The van der Waals surface area contributed by atoms with Gasteiger partial charge in [0.1, 0.15) is 0 Å². The van der Waals surface area contributed by atoms with Crippen LogP contribution in [-0.2, 0) is 4.79 Å². The number of carbonyl (C=O) groups is 2. The first-order valence-electron chi connectivity index (χ1n) is 9.08. The first-order chi connectivity index (χ1) is 13.4. The highest BCUT2D eigenvalue weighted by Gasteiger charge is 2.27. The molecule has 0 aliphatic heterocycles. The van der Waals surface area contributed by atoms with Crippen molar-refractivity contribution in [3.63, 3.8) is 0 Å². The summed E-state index contributed by atoms with van der Waals surface area (Å²) >= 11 is 5.99. The third-order valence-corrected chi connectivity index (χ3v) is 5.49. The third kappa shape index (κ3) is 3.33. The lowest BCUT2D eigenvalue weighted by Crippen LogP contribution is -2.39. The maximum atomic E-state index is 12.8. The molecule has 0 radical (unpaired) electrons. The maximum Gasteiger partial charge on any atom is 0.306 e. The lowest BCUT2D eigenvalue weighted by molar-refractivity contribution is -0.142. The fourth-order valence-corrected chi connectivity index (χ4v) is 3.90. The Hall–Kier alpha value is -2.93. The van der Waals surface area contributed by atoms with Crippen LogP contribution in [0.25, 0.3) is 16.6 Å². The van der Waals surface area contributed by atoms with Gasteiger partial charge in [-0.15, -0.1) is 0 Å². The summed E-state index contributed by atoms with van der Waals surface area (Å²) in [6, 6.07) is 8.03. The van der Waals surface area contributed by atoms with Crippen LogP contribution in [0.4, 0.5) is 0 Å². The summed E-state index contributed by atoms with van der Waals surface area (Å²) in [7, 11) is 0. The Balaban J connectivity index is 1.66. The third-order valence-electron chi connectivity index (χ3n) is 5.26. The standard InChI is InChI=1S/C20H18ClN3O4/c21-12-5-8-16-15(10-12)19(26)24-9-1-2-14(17(24)23-16)18(25)22-13-6-3-11(4-7-13)20(27)28/h1-2,5,8-11,13H,3-4,6-7H2,(H,22,25)(H,27,28). The average Bonchev–Trinajstić information content (AvgIpc) is 2.69. The largest absolute Gasteiger partial charge is 0.481 e. The summed E-state index contributed by atoms with van der Waals surface area (Å²) in [6.45, 7) is 0. The minimum atomic E-state index is -0.783. The van der Waals surface area contributed by atoms with E-state index in [1.165, 1.54) is 4.40 Å². The predicted molar refractivity (Wildman–Crippen MR) is 105 cm³/mol. The molecular formula is C20H18ClN3O4. The highest BCUT2D eigenvalue weighted by atomic mass is 35.5. The number of hydrogen-bond acceptors (Lipinski definition) is 4. The van der Waals surface area contributed by atoms with Crippen molar-refractivity contribution in [1.82, 2.24) is 14.7 Å². The highest BCUT2D eigenvalue weighted by molar-refractivity contribution is 6.31. The zero-order valence-electron chi connectivity index (χ0n) is 14.9. The van der Waals surface area contributed by atoms with E-state index in [9.17, 15) is 14.4 Å². The number of aromatic nitrogens is 2. The lowest BCUT2D eigenvalue weighted by Gasteiger charge is -2.26. The van der Waals surface area contributed by atoms with E-state index in [0.29, 0.717) is 47.2 Å². The number of pyridine rings is 1. The zero-order chi connectivity index (χ0) is 19.8. The van der Waals surface area contributed by atoms with Crippen LogP contribution in [0.3, 0.4) is 0 Å². The molecule has 2 heterocycles. The predicted octanol–water partition coefficient (Wildman–Crippen LogP) is 2.87. The molecule has 28 heavy (non-hydrogen) atoms. The van der Waals surface area contributed by atoms with Crippen LogP contribution in [0.2, 0.25) is 5.02 Å². The second-order valence-corrected chi connectivity index (χ2v) is 7.49. The topological polar surface area (TPSA) is 101 Å². The molecule has 0 unspecified atom stereocenters. The van der Waals surface area contributed by atoms with Crippen LogP contribution in [-0.4, -0.2) is 32.4 Å². The van der Waals surface area contributed by atoms with E-state index in [1.54, 1.807) is 36.5 Å². The quantitative estimate of drug-likeness (QED) is 0.659. The highest BCUT2D eigenvalue weighted by Crippen LogP contribution is 2.25. The first-order valence-corrected chi connectivity index (χ1v) is 9.46. The van der Waals surface area contributed by atoms with Crippen LogP contribution in [0.15, 0.2) is 41.3 Å². The van der Waals surface area contributed by atoms with Crippen molar-refractivity contribution in [3.05, 3.63) is 57.5 Å². The SMILES string of the molecule is O=C(NC1CCC(C(=O)O)CC1)c1cccn2c(=O)c3cc(Cl)ccc3nc12. The van der Waals surface area contributed by atoms with Crippen LogP contribution in [0.5, 0.6) is 0 Å². The van der Waals surface area contributed by atoms with Crippen molar-refractivity contribution in [2.24, 2.45) is 5.92 Å². The molecule has 4 rings (SSSR count). The van der Waals surface area contributed by atoms with E-state index in [2.05, 4.69) is 10.3 Å². The number of nitrogens with zero attached hydrogens (tertiary/aromatic N) is 2. The van der Waals surface area contributed by atoms with Crippen molar-refractivity contribution in [2.45, 2.75) is 31.7 Å². The average molecular weight is 400 g/mol. The van der Waals surface area contributed by atoms with E-state index in [-0.39, 0.29) is 29.1 Å². The van der Waals surface area contributed by atoms with Gasteiger partial charge < -0.3 is 10.4 Å². The number of aliphatic carboxylic acids is 1. The minimum Gasteiger partial charge on any atom is -0.481 e. The molecule has 8 heteroatoms. The summed E-state index contributed by atoms with van der Waals surface area (Å²) < 4.78 is 1.34. The number of benzene rings is 1. The molecule has 0 saturated heterocycles. The lowest BCUT2D eigenvalue weighted by atomic mass is 9.86. The van der Waals surface area contributed by atoms with E-state index >= 15 is 0 Å². The number of amides is 1. The zero-order valence-corrected chi connectivity index (χ0v) is 15.6. The number of carboxylic acid groups (broad SMARTS) is 1. The van der Waals surface area contributed by atoms with E-state index in [0.717, 1.165) is 0 Å². The van der Waals surface area contributed by atoms with Gasteiger partial charge in [0.05, 0.1) is 22.4 Å². The van der Waals surface area contributed by atoms with Gasteiger partial charge in [0, 0.05) is 17.3 Å². The molecule has 3 aromatic rings. The normalized spacial score (nSPS) is 19.6. The molecule has 1 amide bonds. The molecule has 1 aliphatic rings. The van der Waals surface area contributed by atoms with Crippen molar-refractivity contribution >= 4 is 40.0 Å². The Morgan fingerprint density at radius 2 is 1.93 bits per heavy atom. The van der Waals surface area contributed by atoms with Gasteiger partial charge in [0.15, 0.2) is 5.65 Å². The van der Waals surface area contributed by atoms with Crippen LogP contribution in [0, 0.1) is 5.92 Å².